The van der Waals surface area contributed by atoms with Gasteiger partial charge in [0.15, 0.2) is 0 Å². The van der Waals surface area contributed by atoms with Crippen LogP contribution in [0.2, 0.25) is 0 Å². The fraction of sp³-hybridized carbons (Fsp3) is 0.417. The highest BCUT2D eigenvalue weighted by molar-refractivity contribution is 7.89. The second-order valence-corrected chi connectivity index (χ2v) is 6.16. The van der Waals surface area contributed by atoms with Crippen LogP contribution in [-0.4, -0.2) is 48.5 Å². The SMILES string of the molecule is CCC(CO)(CO)NS(=O)(=O)c1cc(C(=O)O)ccc1F. The van der Waals surface area contributed by atoms with Crippen LogP contribution in [-0.2, 0) is 10.0 Å². The van der Waals surface area contributed by atoms with Gasteiger partial charge in [0.05, 0.1) is 24.3 Å². The quantitative estimate of drug-likeness (QED) is 0.557. The van der Waals surface area contributed by atoms with Crippen molar-refractivity contribution in [3.8, 4) is 0 Å². The number of aliphatic hydroxyl groups excluding tert-OH is 2. The molecule has 0 amide bonds. The van der Waals surface area contributed by atoms with E-state index in [9.17, 15) is 27.8 Å². The molecule has 0 heterocycles. The van der Waals surface area contributed by atoms with E-state index in [1.54, 1.807) is 0 Å². The van der Waals surface area contributed by atoms with Crippen LogP contribution < -0.4 is 4.72 Å². The summed E-state index contributed by atoms with van der Waals surface area (Å²) in [5, 5.41) is 27.3. The lowest BCUT2D eigenvalue weighted by Crippen LogP contribution is -2.53. The highest BCUT2D eigenvalue weighted by Crippen LogP contribution is 2.20. The van der Waals surface area contributed by atoms with E-state index in [0.29, 0.717) is 6.07 Å². The zero-order valence-electron chi connectivity index (χ0n) is 11.2. The summed E-state index contributed by atoms with van der Waals surface area (Å²) in [4.78, 5) is 9.97. The molecule has 0 aromatic heterocycles. The lowest BCUT2D eigenvalue weighted by atomic mass is 10.0. The normalized spacial score (nSPS) is 12.4. The van der Waals surface area contributed by atoms with Crippen LogP contribution in [0.1, 0.15) is 23.7 Å². The molecule has 0 unspecified atom stereocenters. The highest BCUT2D eigenvalue weighted by atomic mass is 32.2. The van der Waals surface area contributed by atoms with Crippen molar-refractivity contribution in [3.63, 3.8) is 0 Å². The Balaban J connectivity index is 3.31. The van der Waals surface area contributed by atoms with E-state index in [4.69, 9.17) is 5.11 Å². The molecule has 1 aromatic rings. The van der Waals surface area contributed by atoms with Crippen molar-refractivity contribution in [2.24, 2.45) is 0 Å². The summed E-state index contributed by atoms with van der Waals surface area (Å²) in [6.07, 6.45) is 0.0550. The first-order chi connectivity index (χ1) is 9.71. The first kappa shape index (κ1) is 17.5. The molecule has 0 radical (unpaired) electrons. The molecular formula is C12H16FNO6S. The van der Waals surface area contributed by atoms with Crippen LogP contribution >= 0.6 is 0 Å². The van der Waals surface area contributed by atoms with Gasteiger partial charge in [-0.05, 0) is 24.6 Å². The molecule has 0 aliphatic carbocycles. The summed E-state index contributed by atoms with van der Waals surface area (Å²) >= 11 is 0. The number of carbonyl (C=O) groups is 1. The molecule has 0 spiro atoms. The number of benzene rings is 1. The number of rotatable bonds is 7. The highest BCUT2D eigenvalue weighted by Gasteiger charge is 2.34. The number of aliphatic hydroxyl groups is 2. The number of nitrogens with one attached hydrogen (secondary N) is 1. The Kier molecular flexibility index (Phi) is 5.40. The standard InChI is InChI=1S/C12H16FNO6S/c1-2-12(6-15,7-16)14-21(19,20)10-5-8(11(17)18)3-4-9(10)13/h3-5,14-16H,2,6-7H2,1H3,(H,17,18). The molecular weight excluding hydrogens is 305 g/mol. The lowest BCUT2D eigenvalue weighted by Gasteiger charge is -2.29. The zero-order valence-corrected chi connectivity index (χ0v) is 12.0. The Morgan fingerprint density at radius 3 is 2.33 bits per heavy atom. The second-order valence-electron chi connectivity index (χ2n) is 4.51. The first-order valence-corrected chi connectivity index (χ1v) is 7.48. The van der Waals surface area contributed by atoms with Gasteiger partial charge in [-0.3, -0.25) is 0 Å². The summed E-state index contributed by atoms with van der Waals surface area (Å²) in [6, 6.07) is 2.33. The maximum Gasteiger partial charge on any atom is 0.335 e. The van der Waals surface area contributed by atoms with E-state index in [0.717, 1.165) is 12.1 Å². The van der Waals surface area contributed by atoms with Crippen molar-refractivity contribution in [1.82, 2.24) is 4.72 Å². The molecule has 0 aliphatic rings. The minimum absolute atomic E-state index is 0.0550. The molecule has 118 valence electrons. The van der Waals surface area contributed by atoms with Crippen LogP contribution in [0.15, 0.2) is 23.1 Å². The third-order valence-corrected chi connectivity index (χ3v) is 4.69. The van der Waals surface area contributed by atoms with E-state index in [1.807, 2.05) is 4.72 Å². The van der Waals surface area contributed by atoms with Crippen LogP contribution in [0.25, 0.3) is 0 Å². The maximum atomic E-state index is 13.7. The van der Waals surface area contributed by atoms with Crippen LogP contribution in [0.5, 0.6) is 0 Å². The Bertz CT molecular complexity index is 618. The summed E-state index contributed by atoms with van der Waals surface area (Å²) in [5.74, 6) is -2.54. The average molecular weight is 321 g/mol. The molecule has 0 saturated carbocycles. The number of hydrogen-bond donors (Lipinski definition) is 4. The minimum atomic E-state index is -4.45. The summed E-state index contributed by atoms with van der Waals surface area (Å²) in [5.41, 5.74) is -1.95. The molecule has 1 rings (SSSR count). The van der Waals surface area contributed by atoms with E-state index in [2.05, 4.69) is 0 Å². The summed E-state index contributed by atoms with van der Waals surface area (Å²) < 4.78 is 40.0. The second kappa shape index (κ2) is 6.48. The fourth-order valence-electron chi connectivity index (χ4n) is 1.59. The molecule has 4 N–H and O–H groups in total. The van der Waals surface area contributed by atoms with Gasteiger partial charge < -0.3 is 15.3 Å². The average Bonchev–Trinajstić information content (AvgIpc) is 2.45. The molecule has 21 heavy (non-hydrogen) atoms. The van der Waals surface area contributed by atoms with E-state index < -0.39 is 51.0 Å². The zero-order chi connectivity index (χ0) is 16.3. The molecule has 1 aromatic carbocycles. The van der Waals surface area contributed by atoms with Gasteiger partial charge in [0.25, 0.3) is 0 Å². The van der Waals surface area contributed by atoms with E-state index in [1.165, 1.54) is 6.92 Å². The number of aromatic carboxylic acids is 1. The smallest absolute Gasteiger partial charge is 0.335 e. The van der Waals surface area contributed by atoms with Crippen molar-refractivity contribution in [2.45, 2.75) is 23.8 Å². The van der Waals surface area contributed by atoms with Gasteiger partial charge in [-0.25, -0.2) is 22.3 Å². The third kappa shape index (κ3) is 3.76. The fourth-order valence-corrected chi connectivity index (χ4v) is 3.15. The van der Waals surface area contributed by atoms with E-state index >= 15 is 0 Å². The Morgan fingerprint density at radius 2 is 1.90 bits per heavy atom. The van der Waals surface area contributed by atoms with Crippen LogP contribution in [0.3, 0.4) is 0 Å². The first-order valence-electron chi connectivity index (χ1n) is 6.00. The number of sulfonamides is 1. The number of carboxylic acid groups (broad SMARTS) is 1. The third-order valence-electron chi connectivity index (χ3n) is 3.10. The molecule has 0 bridgehead atoms. The van der Waals surface area contributed by atoms with Crippen LogP contribution in [0, 0.1) is 5.82 Å². The molecule has 0 fully saturated rings. The van der Waals surface area contributed by atoms with Gasteiger partial charge in [0.1, 0.15) is 10.7 Å². The molecule has 9 heteroatoms. The van der Waals surface area contributed by atoms with Gasteiger partial charge in [-0.15, -0.1) is 0 Å². The number of hydrogen-bond acceptors (Lipinski definition) is 5. The molecule has 0 aliphatic heterocycles. The number of carboxylic acids is 1. The van der Waals surface area contributed by atoms with Crippen LogP contribution in [0.4, 0.5) is 4.39 Å². The van der Waals surface area contributed by atoms with Crippen molar-refractivity contribution in [1.29, 1.82) is 0 Å². The Morgan fingerprint density at radius 1 is 1.33 bits per heavy atom. The molecule has 7 nitrogen and oxygen atoms in total. The van der Waals surface area contributed by atoms with Crippen molar-refractivity contribution in [2.75, 3.05) is 13.2 Å². The predicted octanol–water partition coefficient (Wildman–Crippen LogP) is -0.0644. The largest absolute Gasteiger partial charge is 0.478 e. The Hall–Kier alpha value is -1.55. The van der Waals surface area contributed by atoms with Gasteiger partial charge in [-0.1, -0.05) is 6.92 Å². The number of halogens is 1. The van der Waals surface area contributed by atoms with Gasteiger partial charge in [0, 0.05) is 0 Å². The van der Waals surface area contributed by atoms with E-state index in [-0.39, 0.29) is 6.42 Å². The topological polar surface area (TPSA) is 124 Å². The van der Waals surface area contributed by atoms with Crippen molar-refractivity contribution >= 4 is 16.0 Å². The van der Waals surface area contributed by atoms with Crippen molar-refractivity contribution in [3.05, 3.63) is 29.6 Å². The lowest BCUT2D eigenvalue weighted by molar-refractivity contribution is 0.0696. The monoisotopic (exact) mass is 321 g/mol. The minimum Gasteiger partial charge on any atom is -0.478 e. The van der Waals surface area contributed by atoms with Gasteiger partial charge >= 0.3 is 5.97 Å². The molecule has 0 saturated heterocycles. The van der Waals surface area contributed by atoms with Gasteiger partial charge in [0.2, 0.25) is 10.0 Å². The predicted molar refractivity (Wildman–Crippen MR) is 70.9 cm³/mol. The van der Waals surface area contributed by atoms with Crippen molar-refractivity contribution < 1.29 is 32.9 Å². The maximum absolute atomic E-state index is 13.7. The molecule has 0 atom stereocenters. The van der Waals surface area contributed by atoms with Gasteiger partial charge in [-0.2, -0.15) is 0 Å². The summed E-state index contributed by atoms with van der Waals surface area (Å²) in [7, 11) is -4.45. The summed E-state index contributed by atoms with van der Waals surface area (Å²) in [6.45, 7) is 0.137. The Labute approximate surface area is 121 Å².